The maximum atomic E-state index is 5.40. The van der Waals surface area contributed by atoms with Crippen LogP contribution in [0, 0.1) is 0 Å². The van der Waals surface area contributed by atoms with Crippen LogP contribution in [-0.4, -0.2) is 47.5 Å². The number of aromatic nitrogens is 4. The smallest absolute Gasteiger partial charge is 0.223 e. The van der Waals surface area contributed by atoms with E-state index in [0.29, 0.717) is 18.1 Å². The number of aromatic amines is 1. The predicted molar refractivity (Wildman–Crippen MR) is 141 cm³/mol. The van der Waals surface area contributed by atoms with Gasteiger partial charge in [-0.3, -0.25) is 5.10 Å². The lowest BCUT2D eigenvalue weighted by molar-refractivity contribution is 0.237. The third-order valence-corrected chi connectivity index (χ3v) is 6.15. The van der Waals surface area contributed by atoms with E-state index in [1.807, 2.05) is 30.7 Å². The van der Waals surface area contributed by atoms with Crippen LogP contribution in [0.5, 0.6) is 0 Å². The third kappa shape index (κ3) is 6.56. The molecule has 2 heterocycles. The summed E-state index contributed by atoms with van der Waals surface area (Å²) in [5.74, 6) is 1.21. The summed E-state index contributed by atoms with van der Waals surface area (Å²) in [5.41, 5.74) is 4.43. The van der Waals surface area contributed by atoms with E-state index < -0.39 is 0 Å². The number of benzene rings is 1. The molecule has 9 heteroatoms. The van der Waals surface area contributed by atoms with Gasteiger partial charge in [0.1, 0.15) is 12.0 Å². The van der Waals surface area contributed by atoms with E-state index in [4.69, 9.17) is 14.2 Å². The molecule has 0 fully saturated rings. The summed E-state index contributed by atoms with van der Waals surface area (Å²) >= 11 is 0. The zero-order valence-electron chi connectivity index (χ0n) is 21.0. The summed E-state index contributed by atoms with van der Waals surface area (Å²) in [6.45, 7) is 0. The van der Waals surface area contributed by atoms with Gasteiger partial charge in [-0.15, -0.1) is 0 Å². The fraction of sp³-hybridized carbons (Fsp3) is 0.370. The molecule has 3 N–H and O–H groups in total. The molecule has 2 aromatic heterocycles. The normalized spacial score (nSPS) is 15.9. The van der Waals surface area contributed by atoms with Gasteiger partial charge in [-0.1, -0.05) is 6.08 Å². The lowest BCUT2D eigenvalue weighted by atomic mass is 9.90. The molecule has 36 heavy (non-hydrogen) atoms. The molecule has 4 rings (SSSR count). The van der Waals surface area contributed by atoms with Crippen molar-refractivity contribution in [1.82, 2.24) is 20.2 Å². The Morgan fingerprint density at radius 1 is 1.08 bits per heavy atom. The van der Waals surface area contributed by atoms with Gasteiger partial charge in [-0.2, -0.15) is 5.10 Å². The van der Waals surface area contributed by atoms with Crippen molar-refractivity contribution >= 4 is 22.5 Å². The number of rotatable bonds is 12. The molecule has 0 aliphatic heterocycles. The van der Waals surface area contributed by atoms with Crippen LogP contribution in [0.3, 0.4) is 0 Å². The van der Waals surface area contributed by atoms with Gasteiger partial charge >= 0.3 is 0 Å². The molecule has 0 radical (unpaired) electrons. The predicted octanol–water partition coefficient (Wildman–Crippen LogP) is 5.47. The Morgan fingerprint density at radius 3 is 2.67 bits per heavy atom. The van der Waals surface area contributed by atoms with E-state index in [0.717, 1.165) is 35.0 Å². The fourth-order valence-corrected chi connectivity index (χ4v) is 4.31. The van der Waals surface area contributed by atoms with Crippen LogP contribution in [-0.2, 0) is 14.2 Å². The van der Waals surface area contributed by atoms with Crippen LogP contribution < -0.4 is 10.6 Å². The monoisotopic (exact) mass is 490 g/mol. The summed E-state index contributed by atoms with van der Waals surface area (Å²) in [7, 11) is 4.82. The Hall–Kier alpha value is -4.01. The quantitative estimate of drug-likeness (QED) is 0.227. The molecule has 190 valence electrons. The van der Waals surface area contributed by atoms with Crippen LogP contribution in [0.4, 0.5) is 11.6 Å². The van der Waals surface area contributed by atoms with Crippen molar-refractivity contribution < 1.29 is 14.2 Å². The number of nitrogens with one attached hydrogen (secondary N) is 3. The second-order valence-electron chi connectivity index (χ2n) is 8.66. The zero-order chi connectivity index (χ0) is 25.2. The summed E-state index contributed by atoms with van der Waals surface area (Å²) in [4.78, 5) is 9.27. The lowest BCUT2D eigenvalue weighted by Crippen LogP contribution is -2.21. The topological polar surface area (TPSA) is 106 Å². The molecule has 0 bridgehead atoms. The Kier molecular flexibility index (Phi) is 8.80. The third-order valence-electron chi connectivity index (χ3n) is 6.15. The maximum Gasteiger partial charge on any atom is 0.223 e. The Bertz CT molecular complexity index is 1200. The van der Waals surface area contributed by atoms with E-state index >= 15 is 0 Å². The molecule has 0 amide bonds. The van der Waals surface area contributed by atoms with Crippen molar-refractivity contribution in [3.05, 3.63) is 78.4 Å². The number of nitrogens with zero attached hydrogens (tertiary/aromatic N) is 3. The first kappa shape index (κ1) is 25.1. The number of hydrogen-bond acceptors (Lipinski definition) is 8. The largest absolute Gasteiger partial charge is 0.505 e. The molecular weight excluding hydrogens is 456 g/mol. The molecule has 2 unspecified atom stereocenters. The van der Waals surface area contributed by atoms with Gasteiger partial charge in [-0.05, 0) is 55.5 Å². The molecule has 1 aromatic carbocycles. The van der Waals surface area contributed by atoms with Crippen LogP contribution in [0.25, 0.3) is 10.9 Å². The number of ether oxygens (including phenoxy) is 3. The minimum absolute atomic E-state index is 0.00221. The first-order valence-electron chi connectivity index (χ1n) is 12.1. The summed E-state index contributed by atoms with van der Waals surface area (Å²) in [6, 6.07) is 6.08. The molecular formula is C27H34N6O3. The van der Waals surface area contributed by atoms with E-state index in [-0.39, 0.29) is 12.1 Å². The Labute approximate surface area is 211 Å². The summed E-state index contributed by atoms with van der Waals surface area (Å²) in [6.07, 6.45) is 18.2. The highest BCUT2D eigenvalue weighted by atomic mass is 16.5. The van der Waals surface area contributed by atoms with Gasteiger partial charge in [0.25, 0.3) is 0 Å². The standard InChI is InChI=1S/C27H34N6O3/c1-34-12-11-23(14-24(36-3)18-35-2)32-27-28-15-21(16-29-27)26(19-7-5-4-6-8-19)31-22-9-10-25-20(13-22)17-30-33-25/h7,9-13,15-18,23,26,31H,4-6,8,14H2,1-3H3,(H,30,33)(H,28,29,32)/b12-11+,24-18-. The molecule has 1 aliphatic carbocycles. The zero-order valence-corrected chi connectivity index (χ0v) is 21.0. The van der Waals surface area contributed by atoms with Gasteiger partial charge in [-0.25, -0.2) is 9.97 Å². The Morgan fingerprint density at radius 2 is 1.94 bits per heavy atom. The highest BCUT2D eigenvalue weighted by Gasteiger charge is 2.20. The SMILES string of the molecule is CO/C=C(/CC(/C=C/OC)Nc1ncc(C(Nc2ccc3[nH]ncc3c2)C2=CCCCC2)cn1)OC. The fourth-order valence-electron chi connectivity index (χ4n) is 4.31. The second-order valence-corrected chi connectivity index (χ2v) is 8.66. The number of allylic oxidation sites excluding steroid dienone is 1. The molecule has 1 aliphatic rings. The first-order chi connectivity index (χ1) is 17.7. The number of anilines is 2. The maximum absolute atomic E-state index is 5.40. The molecule has 2 atom stereocenters. The minimum atomic E-state index is -0.145. The number of fused-ring (bicyclic) bond motifs is 1. The Balaban J connectivity index is 1.54. The van der Waals surface area contributed by atoms with Gasteiger partial charge in [0, 0.05) is 35.5 Å². The molecule has 9 nitrogen and oxygen atoms in total. The molecule has 0 spiro atoms. The van der Waals surface area contributed by atoms with E-state index in [9.17, 15) is 0 Å². The highest BCUT2D eigenvalue weighted by molar-refractivity contribution is 5.81. The van der Waals surface area contributed by atoms with E-state index in [1.165, 1.54) is 18.4 Å². The van der Waals surface area contributed by atoms with Crippen molar-refractivity contribution in [1.29, 1.82) is 0 Å². The van der Waals surface area contributed by atoms with E-state index in [1.54, 1.807) is 33.9 Å². The van der Waals surface area contributed by atoms with Gasteiger partial charge < -0.3 is 24.8 Å². The number of H-pyrrole nitrogens is 1. The van der Waals surface area contributed by atoms with Crippen molar-refractivity contribution in [2.75, 3.05) is 32.0 Å². The van der Waals surface area contributed by atoms with Gasteiger partial charge in [0.15, 0.2) is 0 Å². The van der Waals surface area contributed by atoms with Gasteiger partial charge in [0.2, 0.25) is 5.95 Å². The molecule has 3 aromatic rings. The second kappa shape index (κ2) is 12.6. The van der Waals surface area contributed by atoms with Crippen LogP contribution in [0.2, 0.25) is 0 Å². The van der Waals surface area contributed by atoms with Crippen molar-refractivity contribution in [3.63, 3.8) is 0 Å². The molecule has 0 saturated heterocycles. The van der Waals surface area contributed by atoms with Crippen molar-refractivity contribution in [2.24, 2.45) is 0 Å². The molecule has 0 saturated carbocycles. The van der Waals surface area contributed by atoms with Crippen LogP contribution in [0.15, 0.2) is 72.8 Å². The summed E-state index contributed by atoms with van der Waals surface area (Å²) in [5, 5.41) is 15.3. The van der Waals surface area contributed by atoms with Crippen molar-refractivity contribution in [3.8, 4) is 0 Å². The summed E-state index contributed by atoms with van der Waals surface area (Å²) < 4.78 is 15.6. The van der Waals surface area contributed by atoms with E-state index in [2.05, 4.69) is 49.0 Å². The minimum Gasteiger partial charge on any atom is -0.505 e. The number of hydrogen-bond donors (Lipinski definition) is 3. The van der Waals surface area contributed by atoms with Crippen molar-refractivity contribution in [2.45, 2.75) is 44.2 Å². The van der Waals surface area contributed by atoms with Crippen LogP contribution in [0.1, 0.15) is 43.7 Å². The number of methoxy groups -OCH3 is 3. The van der Waals surface area contributed by atoms with Gasteiger partial charge in [0.05, 0.1) is 51.4 Å². The highest BCUT2D eigenvalue weighted by Crippen LogP contribution is 2.33. The average molecular weight is 491 g/mol. The lowest BCUT2D eigenvalue weighted by Gasteiger charge is -2.26. The average Bonchev–Trinajstić information content (AvgIpc) is 3.39. The van der Waals surface area contributed by atoms with Crippen LogP contribution >= 0.6 is 0 Å². The first-order valence-corrected chi connectivity index (χ1v) is 12.1.